The first-order chi connectivity index (χ1) is 15.5. The van der Waals surface area contributed by atoms with Gasteiger partial charge in [0.1, 0.15) is 17.3 Å². The number of alkyl halides is 2. The molecule has 0 radical (unpaired) electrons. The zero-order chi connectivity index (χ0) is 22.7. The van der Waals surface area contributed by atoms with Crippen molar-refractivity contribution < 1.29 is 18.3 Å². The number of nitrogen functional groups attached to an aromatic ring is 1. The number of methoxy groups -OCH3 is 1. The van der Waals surface area contributed by atoms with Gasteiger partial charge in [-0.05, 0) is 30.5 Å². The minimum absolute atomic E-state index is 0.0548. The van der Waals surface area contributed by atoms with Gasteiger partial charge in [-0.15, -0.1) is 5.10 Å². The summed E-state index contributed by atoms with van der Waals surface area (Å²) in [5.74, 6) is 0.896. The zero-order valence-corrected chi connectivity index (χ0v) is 17.5. The van der Waals surface area contributed by atoms with E-state index in [0.29, 0.717) is 35.8 Å². The Labute approximate surface area is 184 Å². The molecule has 3 aromatic rings. The number of piperidine rings is 1. The Morgan fingerprint density at radius 2 is 1.84 bits per heavy atom. The van der Waals surface area contributed by atoms with Crippen molar-refractivity contribution in [2.75, 3.05) is 25.9 Å². The minimum Gasteiger partial charge on any atom is -0.496 e. The van der Waals surface area contributed by atoms with Gasteiger partial charge >= 0.3 is 0 Å². The lowest BCUT2D eigenvalue weighted by molar-refractivity contribution is 0.0705. The highest BCUT2D eigenvalue weighted by Gasteiger charge is 2.27. The van der Waals surface area contributed by atoms with Crippen LogP contribution >= 0.6 is 0 Å². The third-order valence-electron chi connectivity index (χ3n) is 5.68. The first-order valence-electron chi connectivity index (χ1n) is 10.3. The number of carbonyl (C=O) groups excluding carboxylic acids is 1. The monoisotopic (exact) mass is 439 g/mol. The van der Waals surface area contributed by atoms with E-state index in [4.69, 9.17) is 10.5 Å². The Bertz CT molecular complexity index is 1080. The van der Waals surface area contributed by atoms with E-state index in [0.717, 1.165) is 18.5 Å². The highest BCUT2D eigenvalue weighted by Crippen LogP contribution is 2.32. The molecule has 3 heterocycles. The maximum absolute atomic E-state index is 13.0. The van der Waals surface area contributed by atoms with Crippen LogP contribution in [0.15, 0.2) is 48.7 Å². The number of nitrogens with zero attached hydrogens (tertiary/aromatic N) is 4. The molecule has 32 heavy (non-hydrogen) atoms. The lowest BCUT2D eigenvalue weighted by Gasteiger charge is -2.31. The summed E-state index contributed by atoms with van der Waals surface area (Å²) >= 11 is 0. The number of rotatable bonds is 5. The molecule has 0 spiro atoms. The number of carbonyl (C=O) groups is 1. The SMILES string of the molecule is COc1cc(C(=O)N2CCC(c3ccc(N)nn3)CC2)ncc1-c1ccc(C(F)F)cc1. The van der Waals surface area contributed by atoms with Crippen LogP contribution in [0.4, 0.5) is 14.6 Å². The van der Waals surface area contributed by atoms with Crippen LogP contribution in [0.25, 0.3) is 11.1 Å². The Kier molecular flexibility index (Phi) is 6.25. The molecule has 1 fully saturated rings. The second-order valence-electron chi connectivity index (χ2n) is 7.64. The van der Waals surface area contributed by atoms with Gasteiger partial charge in [-0.25, -0.2) is 8.78 Å². The maximum Gasteiger partial charge on any atom is 0.272 e. The van der Waals surface area contributed by atoms with E-state index in [2.05, 4.69) is 15.2 Å². The van der Waals surface area contributed by atoms with Crippen molar-refractivity contribution in [3.05, 3.63) is 65.6 Å². The molecule has 0 unspecified atom stereocenters. The number of nitrogens with two attached hydrogens (primary N) is 1. The molecule has 2 aromatic heterocycles. The summed E-state index contributed by atoms with van der Waals surface area (Å²) in [5, 5.41) is 8.07. The summed E-state index contributed by atoms with van der Waals surface area (Å²) in [6.45, 7) is 1.16. The number of aromatic nitrogens is 3. The topological polar surface area (TPSA) is 94.2 Å². The Hall–Kier alpha value is -3.62. The molecule has 1 aliphatic rings. The van der Waals surface area contributed by atoms with E-state index in [1.807, 2.05) is 6.07 Å². The lowest BCUT2D eigenvalue weighted by Crippen LogP contribution is -2.38. The minimum atomic E-state index is -2.53. The lowest BCUT2D eigenvalue weighted by atomic mass is 9.93. The number of hydrogen-bond donors (Lipinski definition) is 1. The normalized spacial score (nSPS) is 14.6. The van der Waals surface area contributed by atoms with Crippen LogP contribution in [0.1, 0.15) is 46.9 Å². The zero-order valence-electron chi connectivity index (χ0n) is 17.5. The van der Waals surface area contributed by atoms with Gasteiger partial charge < -0.3 is 15.4 Å². The standard InChI is InChI=1S/C23H23F2N5O2/c1-32-20-12-19(27-13-17(20)14-2-4-16(5-3-14)22(24)25)23(31)30-10-8-15(9-11-30)18-6-7-21(26)29-28-18/h2-7,12-13,15,22H,8-11H2,1H3,(H2,26,29). The predicted molar refractivity (Wildman–Crippen MR) is 116 cm³/mol. The van der Waals surface area contributed by atoms with Gasteiger partial charge in [0.15, 0.2) is 0 Å². The van der Waals surface area contributed by atoms with E-state index in [-0.39, 0.29) is 23.1 Å². The van der Waals surface area contributed by atoms with Gasteiger partial charge in [0.25, 0.3) is 12.3 Å². The molecule has 4 rings (SSSR count). The molecule has 1 aromatic carbocycles. The van der Waals surface area contributed by atoms with Crippen LogP contribution in [-0.4, -0.2) is 46.2 Å². The van der Waals surface area contributed by atoms with E-state index in [1.54, 1.807) is 35.4 Å². The average molecular weight is 439 g/mol. The van der Waals surface area contributed by atoms with Crippen LogP contribution in [0.2, 0.25) is 0 Å². The van der Waals surface area contributed by atoms with Crippen molar-refractivity contribution in [2.24, 2.45) is 0 Å². The molecule has 0 saturated carbocycles. The van der Waals surface area contributed by atoms with Crippen molar-refractivity contribution in [1.29, 1.82) is 0 Å². The summed E-state index contributed by atoms with van der Waals surface area (Å²) in [6.07, 6.45) is 0.562. The Morgan fingerprint density at radius 3 is 2.44 bits per heavy atom. The molecule has 1 amide bonds. The van der Waals surface area contributed by atoms with Crippen LogP contribution in [0.3, 0.4) is 0 Å². The summed E-state index contributed by atoms with van der Waals surface area (Å²) in [6, 6.07) is 11.1. The first-order valence-corrected chi connectivity index (χ1v) is 10.3. The van der Waals surface area contributed by atoms with Gasteiger partial charge in [-0.2, -0.15) is 5.10 Å². The number of likely N-dealkylation sites (tertiary alicyclic amines) is 1. The molecule has 0 atom stereocenters. The number of halogens is 2. The molecule has 2 N–H and O–H groups in total. The van der Waals surface area contributed by atoms with Gasteiger partial charge in [0.05, 0.1) is 12.8 Å². The molecule has 0 aliphatic carbocycles. The first kappa shape index (κ1) is 21.6. The molecular weight excluding hydrogens is 416 g/mol. The fraction of sp³-hybridized carbons (Fsp3) is 0.304. The molecule has 1 saturated heterocycles. The third-order valence-corrected chi connectivity index (χ3v) is 5.68. The Morgan fingerprint density at radius 1 is 1.12 bits per heavy atom. The number of anilines is 1. The fourth-order valence-electron chi connectivity index (χ4n) is 3.86. The van der Waals surface area contributed by atoms with Gasteiger partial charge in [-0.3, -0.25) is 9.78 Å². The maximum atomic E-state index is 13.0. The van der Waals surface area contributed by atoms with Crippen LogP contribution < -0.4 is 10.5 Å². The largest absolute Gasteiger partial charge is 0.496 e. The average Bonchev–Trinajstić information content (AvgIpc) is 2.84. The molecule has 9 heteroatoms. The predicted octanol–water partition coefficient (Wildman–Crippen LogP) is 4.09. The smallest absolute Gasteiger partial charge is 0.272 e. The molecule has 7 nitrogen and oxygen atoms in total. The van der Waals surface area contributed by atoms with E-state index in [1.165, 1.54) is 19.2 Å². The summed E-state index contributed by atoms with van der Waals surface area (Å²) in [7, 11) is 1.50. The molecular formula is C23H23F2N5O2. The number of pyridine rings is 1. The fourth-order valence-corrected chi connectivity index (χ4v) is 3.86. The van der Waals surface area contributed by atoms with Gasteiger partial charge in [0.2, 0.25) is 0 Å². The van der Waals surface area contributed by atoms with Gasteiger partial charge in [-0.1, -0.05) is 24.3 Å². The van der Waals surface area contributed by atoms with Crippen LogP contribution in [0.5, 0.6) is 5.75 Å². The van der Waals surface area contributed by atoms with Crippen molar-refractivity contribution >= 4 is 11.7 Å². The van der Waals surface area contributed by atoms with Crippen LogP contribution in [0, 0.1) is 0 Å². The van der Waals surface area contributed by atoms with Crippen molar-refractivity contribution in [3.63, 3.8) is 0 Å². The highest BCUT2D eigenvalue weighted by molar-refractivity contribution is 5.93. The van der Waals surface area contributed by atoms with E-state index in [9.17, 15) is 13.6 Å². The summed E-state index contributed by atoms with van der Waals surface area (Å²) < 4.78 is 31.1. The second-order valence-corrected chi connectivity index (χ2v) is 7.64. The molecule has 166 valence electrons. The summed E-state index contributed by atoms with van der Waals surface area (Å²) in [5.41, 5.74) is 8.02. The van der Waals surface area contributed by atoms with Crippen molar-refractivity contribution in [3.8, 4) is 16.9 Å². The quantitative estimate of drug-likeness (QED) is 0.644. The number of amides is 1. The second kappa shape index (κ2) is 9.25. The summed E-state index contributed by atoms with van der Waals surface area (Å²) in [4.78, 5) is 19.1. The Balaban J connectivity index is 1.46. The molecule has 0 bridgehead atoms. The number of benzene rings is 1. The molecule has 1 aliphatic heterocycles. The number of hydrogen-bond acceptors (Lipinski definition) is 6. The van der Waals surface area contributed by atoms with Crippen molar-refractivity contribution in [1.82, 2.24) is 20.1 Å². The highest BCUT2D eigenvalue weighted by atomic mass is 19.3. The van der Waals surface area contributed by atoms with Crippen molar-refractivity contribution in [2.45, 2.75) is 25.2 Å². The number of ether oxygens (including phenoxy) is 1. The van der Waals surface area contributed by atoms with E-state index >= 15 is 0 Å². The van der Waals surface area contributed by atoms with Crippen LogP contribution in [-0.2, 0) is 0 Å². The van der Waals surface area contributed by atoms with Gasteiger partial charge in [0, 0.05) is 42.4 Å². The third kappa shape index (κ3) is 4.51. The van der Waals surface area contributed by atoms with E-state index < -0.39 is 6.43 Å².